The molecule has 2 aliphatic heterocycles. The standard InChI is InChI=1S/C9H13NO3/c1-6-7(13-6)4-5-10-8(11)2-3-9(10)12/h6-7H,2-5H2,1H3. The summed E-state index contributed by atoms with van der Waals surface area (Å²) in [5.41, 5.74) is 0. The zero-order valence-corrected chi connectivity index (χ0v) is 7.66. The number of hydrogen-bond acceptors (Lipinski definition) is 3. The highest BCUT2D eigenvalue weighted by Gasteiger charge is 2.36. The van der Waals surface area contributed by atoms with E-state index in [0.717, 1.165) is 6.42 Å². The van der Waals surface area contributed by atoms with E-state index < -0.39 is 0 Å². The molecule has 0 N–H and O–H groups in total. The normalized spacial score (nSPS) is 32.8. The minimum atomic E-state index is -0.0293. The first-order valence-corrected chi connectivity index (χ1v) is 4.67. The molecule has 2 rings (SSSR count). The van der Waals surface area contributed by atoms with Gasteiger partial charge in [-0.25, -0.2) is 0 Å². The van der Waals surface area contributed by atoms with E-state index in [1.54, 1.807) is 0 Å². The Morgan fingerprint density at radius 1 is 1.38 bits per heavy atom. The highest BCUT2D eigenvalue weighted by molar-refractivity contribution is 6.01. The molecule has 0 saturated carbocycles. The molecule has 2 fully saturated rings. The lowest BCUT2D eigenvalue weighted by Gasteiger charge is -2.11. The molecular formula is C9H13NO3. The molecule has 2 atom stereocenters. The van der Waals surface area contributed by atoms with Crippen molar-refractivity contribution >= 4 is 11.8 Å². The molecule has 0 aliphatic carbocycles. The lowest BCUT2D eigenvalue weighted by atomic mass is 10.2. The van der Waals surface area contributed by atoms with Gasteiger partial charge in [-0.2, -0.15) is 0 Å². The van der Waals surface area contributed by atoms with Gasteiger partial charge in [-0.05, 0) is 13.3 Å². The van der Waals surface area contributed by atoms with Crippen LogP contribution in [-0.2, 0) is 14.3 Å². The molecule has 72 valence electrons. The van der Waals surface area contributed by atoms with Gasteiger partial charge in [0.15, 0.2) is 0 Å². The Morgan fingerprint density at radius 2 is 1.92 bits per heavy atom. The highest BCUT2D eigenvalue weighted by atomic mass is 16.6. The largest absolute Gasteiger partial charge is 0.370 e. The van der Waals surface area contributed by atoms with Crippen molar-refractivity contribution in [2.75, 3.05) is 6.54 Å². The molecule has 0 spiro atoms. The Bertz CT molecular complexity index is 235. The molecule has 2 heterocycles. The van der Waals surface area contributed by atoms with Gasteiger partial charge in [-0.1, -0.05) is 0 Å². The Kier molecular flexibility index (Phi) is 2.07. The zero-order chi connectivity index (χ0) is 9.42. The van der Waals surface area contributed by atoms with E-state index in [2.05, 4.69) is 0 Å². The second kappa shape index (κ2) is 3.10. The van der Waals surface area contributed by atoms with E-state index in [1.807, 2.05) is 6.92 Å². The van der Waals surface area contributed by atoms with Gasteiger partial charge in [-0.3, -0.25) is 14.5 Å². The van der Waals surface area contributed by atoms with Crippen molar-refractivity contribution < 1.29 is 14.3 Å². The first-order valence-electron chi connectivity index (χ1n) is 4.67. The van der Waals surface area contributed by atoms with Crippen LogP contribution in [0.15, 0.2) is 0 Å². The first-order chi connectivity index (χ1) is 6.18. The van der Waals surface area contributed by atoms with E-state index in [9.17, 15) is 9.59 Å². The maximum Gasteiger partial charge on any atom is 0.229 e. The molecule has 2 amide bonds. The molecule has 2 saturated heterocycles. The average molecular weight is 183 g/mol. The zero-order valence-electron chi connectivity index (χ0n) is 7.66. The van der Waals surface area contributed by atoms with Crippen LogP contribution in [-0.4, -0.2) is 35.5 Å². The fourth-order valence-electron chi connectivity index (χ4n) is 1.66. The lowest BCUT2D eigenvalue weighted by molar-refractivity contribution is -0.138. The molecule has 0 aromatic carbocycles. The van der Waals surface area contributed by atoms with Gasteiger partial charge in [0, 0.05) is 19.4 Å². The maximum atomic E-state index is 11.2. The second-order valence-electron chi connectivity index (χ2n) is 3.61. The van der Waals surface area contributed by atoms with Gasteiger partial charge < -0.3 is 4.74 Å². The fourth-order valence-corrected chi connectivity index (χ4v) is 1.66. The second-order valence-corrected chi connectivity index (χ2v) is 3.61. The van der Waals surface area contributed by atoms with Gasteiger partial charge in [0.25, 0.3) is 0 Å². The number of ether oxygens (including phenoxy) is 1. The van der Waals surface area contributed by atoms with Gasteiger partial charge in [0.2, 0.25) is 11.8 Å². The number of rotatable bonds is 3. The first kappa shape index (κ1) is 8.69. The monoisotopic (exact) mass is 183 g/mol. The van der Waals surface area contributed by atoms with Crippen LogP contribution in [0.25, 0.3) is 0 Å². The van der Waals surface area contributed by atoms with Crippen LogP contribution in [0, 0.1) is 0 Å². The molecule has 2 unspecified atom stereocenters. The molecule has 0 aromatic rings. The number of imide groups is 1. The van der Waals surface area contributed by atoms with E-state index >= 15 is 0 Å². The van der Waals surface area contributed by atoms with Crippen molar-refractivity contribution in [2.45, 2.75) is 38.4 Å². The number of amides is 2. The van der Waals surface area contributed by atoms with Crippen molar-refractivity contribution in [3.63, 3.8) is 0 Å². The van der Waals surface area contributed by atoms with E-state index in [4.69, 9.17) is 4.74 Å². The summed E-state index contributed by atoms with van der Waals surface area (Å²) in [6, 6.07) is 0. The number of carbonyl (C=O) groups is 2. The summed E-state index contributed by atoms with van der Waals surface area (Å²) in [4.78, 5) is 23.7. The minimum absolute atomic E-state index is 0.0293. The predicted molar refractivity (Wildman–Crippen MR) is 44.9 cm³/mol. The number of likely N-dealkylation sites (tertiary alicyclic amines) is 1. The van der Waals surface area contributed by atoms with Crippen molar-refractivity contribution in [1.29, 1.82) is 0 Å². The Balaban J connectivity index is 1.80. The average Bonchev–Trinajstić information content (AvgIpc) is 2.69. The summed E-state index contributed by atoms with van der Waals surface area (Å²) in [7, 11) is 0. The maximum absolute atomic E-state index is 11.2. The van der Waals surface area contributed by atoms with Gasteiger partial charge in [0.05, 0.1) is 12.2 Å². The van der Waals surface area contributed by atoms with Crippen LogP contribution in [0.5, 0.6) is 0 Å². The third kappa shape index (κ3) is 1.72. The van der Waals surface area contributed by atoms with Crippen LogP contribution in [0.1, 0.15) is 26.2 Å². The van der Waals surface area contributed by atoms with E-state index in [-0.39, 0.29) is 17.9 Å². The van der Waals surface area contributed by atoms with Gasteiger partial charge >= 0.3 is 0 Å². The van der Waals surface area contributed by atoms with E-state index in [0.29, 0.717) is 25.5 Å². The molecule has 4 heteroatoms. The summed E-state index contributed by atoms with van der Waals surface area (Å²) in [6.45, 7) is 2.53. The third-order valence-electron chi connectivity index (χ3n) is 2.63. The minimum Gasteiger partial charge on any atom is -0.370 e. The van der Waals surface area contributed by atoms with Crippen LogP contribution >= 0.6 is 0 Å². The molecular weight excluding hydrogens is 170 g/mol. The Hall–Kier alpha value is -0.900. The Labute approximate surface area is 76.8 Å². The molecule has 0 aromatic heterocycles. The number of epoxide rings is 1. The molecule has 13 heavy (non-hydrogen) atoms. The molecule has 4 nitrogen and oxygen atoms in total. The summed E-state index contributed by atoms with van der Waals surface area (Å²) in [5, 5.41) is 0. The summed E-state index contributed by atoms with van der Waals surface area (Å²) >= 11 is 0. The van der Waals surface area contributed by atoms with Crippen molar-refractivity contribution in [2.24, 2.45) is 0 Å². The topological polar surface area (TPSA) is 49.9 Å². The third-order valence-corrected chi connectivity index (χ3v) is 2.63. The Morgan fingerprint density at radius 3 is 2.38 bits per heavy atom. The van der Waals surface area contributed by atoms with Gasteiger partial charge in [0.1, 0.15) is 0 Å². The van der Waals surface area contributed by atoms with E-state index in [1.165, 1.54) is 4.90 Å². The molecule has 0 radical (unpaired) electrons. The van der Waals surface area contributed by atoms with Crippen molar-refractivity contribution in [3.05, 3.63) is 0 Å². The highest BCUT2D eigenvalue weighted by Crippen LogP contribution is 2.25. The van der Waals surface area contributed by atoms with Crippen molar-refractivity contribution in [3.8, 4) is 0 Å². The summed E-state index contributed by atoms with van der Waals surface area (Å²) in [5.74, 6) is -0.0587. The lowest BCUT2D eigenvalue weighted by Crippen LogP contribution is -2.30. The SMILES string of the molecule is CC1OC1CCN1C(=O)CCC1=O. The van der Waals surface area contributed by atoms with Crippen LogP contribution in [0.4, 0.5) is 0 Å². The molecule has 0 bridgehead atoms. The summed E-state index contributed by atoms with van der Waals surface area (Å²) < 4.78 is 5.20. The number of hydrogen-bond donors (Lipinski definition) is 0. The van der Waals surface area contributed by atoms with Gasteiger partial charge in [-0.15, -0.1) is 0 Å². The quantitative estimate of drug-likeness (QED) is 0.467. The smallest absolute Gasteiger partial charge is 0.229 e. The fraction of sp³-hybridized carbons (Fsp3) is 0.778. The summed E-state index contributed by atoms with van der Waals surface area (Å²) in [6.07, 6.45) is 2.15. The van der Waals surface area contributed by atoms with Crippen LogP contribution in [0.2, 0.25) is 0 Å². The number of nitrogens with zero attached hydrogens (tertiary/aromatic N) is 1. The van der Waals surface area contributed by atoms with Crippen molar-refractivity contribution in [1.82, 2.24) is 4.90 Å². The predicted octanol–water partition coefficient (Wildman–Crippen LogP) is 0.313. The van der Waals surface area contributed by atoms with Crippen LogP contribution < -0.4 is 0 Å². The van der Waals surface area contributed by atoms with Crippen LogP contribution in [0.3, 0.4) is 0 Å². The molecule has 2 aliphatic rings. The number of carbonyl (C=O) groups excluding carboxylic acids is 2.